The van der Waals surface area contributed by atoms with Gasteiger partial charge < -0.3 is 20.6 Å². The third-order valence-electron chi connectivity index (χ3n) is 8.54. The van der Waals surface area contributed by atoms with Crippen LogP contribution in [-0.4, -0.2) is 45.4 Å². The number of carbonyl (C=O) groups excluding carboxylic acids is 2. The minimum Gasteiger partial charge on any atom is -0.361 e. The molecule has 4 N–H and O–H groups in total. The zero-order chi connectivity index (χ0) is 32.5. The lowest BCUT2D eigenvalue weighted by molar-refractivity contribution is -0.143. The Kier molecular flexibility index (Phi) is 8.15. The van der Waals surface area contributed by atoms with Crippen LogP contribution in [0.15, 0.2) is 91.3 Å². The lowest BCUT2D eigenvalue weighted by Gasteiger charge is -2.48. The fourth-order valence-corrected chi connectivity index (χ4v) is 6.56. The molecule has 0 saturated heterocycles. The van der Waals surface area contributed by atoms with Gasteiger partial charge in [-0.15, -0.1) is 0 Å². The van der Waals surface area contributed by atoms with E-state index in [0.29, 0.717) is 40.6 Å². The van der Waals surface area contributed by atoms with Crippen LogP contribution in [0.1, 0.15) is 47.1 Å². The van der Waals surface area contributed by atoms with Crippen LogP contribution in [0.3, 0.4) is 0 Å². The van der Waals surface area contributed by atoms with Gasteiger partial charge in [-0.3, -0.25) is 14.5 Å². The van der Waals surface area contributed by atoms with E-state index in [9.17, 15) is 28.0 Å². The highest BCUT2D eigenvalue weighted by Crippen LogP contribution is 2.44. The molecule has 234 valence electrons. The molecule has 0 spiro atoms. The second-order valence-electron chi connectivity index (χ2n) is 11.3. The van der Waals surface area contributed by atoms with Crippen LogP contribution in [-0.2, 0) is 22.3 Å². The number of nitrogens with one attached hydrogen (secondary N) is 4. The number of alkyl halides is 3. The fourth-order valence-electron chi connectivity index (χ4n) is 6.56. The number of aromatic amines is 2. The van der Waals surface area contributed by atoms with Crippen molar-refractivity contribution < 1.29 is 22.8 Å². The number of H-pyrrole nitrogens is 2. The minimum absolute atomic E-state index is 0.104. The number of aromatic nitrogens is 2. The Morgan fingerprint density at radius 3 is 2.35 bits per heavy atom. The normalized spacial score (nSPS) is 15.7. The average molecular weight is 625 g/mol. The van der Waals surface area contributed by atoms with Crippen LogP contribution in [0.4, 0.5) is 13.2 Å². The van der Waals surface area contributed by atoms with Crippen LogP contribution < -0.4 is 10.6 Å². The molecule has 6 rings (SSSR count). The average Bonchev–Trinajstić information content (AvgIpc) is 3.67. The minimum atomic E-state index is -4.62. The molecule has 8 nitrogen and oxygen atoms in total. The largest absolute Gasteiger partial charge is 0.416 e. The first kappa shape index (κ1) is 30.7. The Labute approximate surface area is 262 Å². The molecule has 2 unspecified atom stereocenters. The molecule has 1 aliphatic heterocycles. The zero-order valence-corrected chi connectivity index (χ0v) is 24.9. The molecule has 2 aromatic heterocycles. The number of hydrogen-bond donors (Lipinski definition) is 4. The van der Waals surface area contributed by atoms with Crippen LogP contribution in [0.5, 0.6) is 0 Å². The van der Waals surface area contributed by atoms with Gasteiger partial charge in [0.15, 0.2) is 5.66 Å². The van der Waals surface area contributed by atoms with Crippen molar-refractivity contribution in [1.29, 1.82) is 5.26 Å². The van der Waals surface area contributed by atoms with Gasteiger partial charge in [-0.1, -0.05) is 48.6 Å². The Hall–Kier alpha value is -5.34. The van der Waals surface area contributed by atoms with E-state index >= 15 is 0 Å². The molecule has 0 fully saturated rings. The smallest absolute Gasteiger partial charge is 0.361 e. The van der Waals surface area contributed by atoms with E-state index in [0.717, 1.165) is 17.0 Å². The van der Waals surface area contributed by atoms with Crippen molar-refractivity contribution >= 4 is 33.6 Å². The predicted molar refractivity (Wildman–Crippen MR) is 168 cm³/mol. The first-order valence-corrected chi connectivity index (χ1v) is 14.8. The summed E-state index contributed by atoms with van der Waals surface area (Å²) in [6, 6.07) is 20.0. The van der Waals surface area contributed by atoms with Gasteiger partial charge in [0.25, 0.3) is 5.91 Å². The summed E-state index contributed by atoms with van der Waals surface area (Å²) >= 11 is 0. The summed E-state index contributed by atoms with van der Waals surface area (Å²) in [5.74, 6) is -2.06. The van der Waals surface area contributed by atoms with Gasteiger partial charge in [0.1, 0.15) is 0 Å². The van der Waals surface area contributed by atoms with Crippen LogP contribution in [0.2, 0.25) is 0 Å². The van der Waals surface area contributed by atoms with E-state index in [1.54, 1.807) is 30.6 Å². The lowest BCUT2D eigenvalue weighted by atomic mass is 9.77. The van der Waals surface area contributed by atoms with Gasteiger partial charge in [-0.25, -0.2) is 0 Å². The first-order chi connectivity index (χ1) is 22.1. The van der Waals surface area contributed by atoms with Gasteiger partial charge >= 0.3 is 6.18 Å². The van der Waals surface area contributed by atoms with E-state index < -0.39 is 41.7 Å². The number of amides is 2. The summed E-state index contributed by atoms with van der Waals surface area (Å²) in [6.07, 6.45) is 3.41. The van der Waals surface area contributed by atoms with E-state index in [2.05, 4.69) is 26.7 Å². The van der Waals surface area contributed by atoms with Crippen molar-refractivity contribution in [2.75, 3.05) is 13.1 Å². The summed E-state index contributed by atoms with van der Waals surface area (Å²) in [5, 5.41) is 17.0. The zero-order valence-electron chi connectivity index (χ0n) is 24.9. The standard InChI is InChI=1S/C35H31F3N6O2/c1-22(45)43-34(44-15-7-2-8-16-44,33(46)42-19-24-9-3-5-11-29(24)35(36,37)38)32(27-20-40-30-12-6-4-10-25(27)30)28-21-41-31-14-13-23(18-39)17-26(28)31/h2-7,9-14,17,20-21,32,40-41H,8,15-16,19H2,1H3,(H,42,46)(H,43,45). The number of fused-ring (bicyclic) bond motifs is 2. The Balaban J connectivity index is 1.60. The molecule has 5 aromatic rings. The van der Waals surface area contributed by atoms with E-state index in [1.807, 2.05) is 41.3 Å². The predicted octanol–water partition coefficient (Wildman–Crippen LogP) is 6.08. The number of carbonyl (C=O) groups is 2. The van der Waals surface area contributed by atoms with E-state index in [4.69, 9.17) is 0 Å². The number of hydrogen-bond acceptors (Lipinski definition) is 4. The summed E-state index contributed by atoms with van der Waals surface area (Å²) in [6.45, 7) is 1.56. The molecule has 11 heteroatoms. The van der Waals surface area contributed by atoms with Crippen molar-refractivity contribution in [3.8, 4) is 6.07 Å². The monoisotopic (exact) mass is 624 g/mol. The number of rotatable bonds is 8. The molecular weight excluding hydrogens is 593 g/mol. The van der Waals surface area contributed by atoms with Gasteiger partial charge in [-0.2, -0.15) is 18.4 Å². The number of benzene rings is 3. The maximum atomic E-state index is 14.9. The van der Waals surface area contributed by atoms with Crippen LogP contribution in [0, 0.1) is 11.3 Å². The molecular formula is C35H31F3N6O2. The van der Waals surface area contributed by atoms with Gasteiger partial charge in [0.05, 0.1) is 23.1 Å². The summed E-state index contributed by atoms with van der Waals surface area (Å²) < 4.78 is 41.7. The molecule has 2 atom stereocenters. The number of nitriles is 1. The lowest BCUT2D eigenvalue weighted by Crippen LogP contribution is -2.71. The maximum Gasteiger partial charge on any atom is 0.416 e. The number of halogens is 3. The summed E-state index contributed by atoms with van der Waals surface area (Å²) in [5.41, 5.74) is 0.475. The van der Waals surface area contributed by atoms with E-state index in [-0.39, 0.29) is 12.1 Å². The summed E-state index contributed by atoms with van der Waals surface area (Å²) in [7, 11) is 0. The molecule has 3 heterocycles. The number of nitrogens with zero attached hydrogens (tertiary/aromatic N) is 2. The molecule has 2 amide bonds. The van der Waals surface area contributed by atoms with Crippen LogP contribution in [0.25, 0.3) is 21.8 Å². The quantitative estimate of drug-likeness (QED) is 0.157. The maximum absolute atomic E-state index is 14.9. The molecule has 46 heavy (non-hydrogen) atoms. The molecule has 0 aliphatic carbocycles. The Morgan fingerprint density at radius 1 is 0.957 bits per heavy atom. The molecule has 0 saturated carbocycles. The van der Waals surface area contributed by atoms with Crippen molar-refractivity contribution in [2.45, 2.75) is 37.6 Å². The second-order valence-corrected chi connectivity index (χ2v) is 11.3. The Bertz CT molecular complexity index is 2000. The number of para-hydroxylation sites is 1. The van der Waals surface area contributed by atoms with Crippen LogP contribution >= 0.6 is 0 Å². The Morgan fingerprint density at radius 2 is 1.65 bits per heavy atom. The SMILES string of the molecule is CC(=O)NC(C(=O)NCc1ccccc1C(F)(F)F)(C(c1c[nH]c2ccccc12)c1c[nH]c2ccc(C#N)cc12)N1CC=CCC1. The highest BCUT2D eigenvalue weighted by molar-refractivity contribution is 5.96. The molecule has 1 aliphatic rings. The topological polar surface area (TPSA) is 117 Å². The van der Waals surface area contributed by atoms with Crippen molar-refractivity contribution in [2.24, 2.45) is 0 Å². The highest BCUT2D eigenvalue weighted by Gasteiger charge is 2.53. The van der Waals surface area contributed by atoms with Crippen molar-refractivity contribution in [1.82, 2.24) is 25.5 Å². The third kappa shape index (κ3) is 5.52. The molecule has 0 bridgehead atoms. The van der Waals surface area contributed by atoms with Gasteiger partial charge in [0.2, 0.25) is 5.91 Å². The summed E-state index contributed by atoms with van der Waals surface area (Å²) in [4.78, 5) is 36.5. The van der Waals surface area contributed by atoms with Gasteiger partial charge in [-0.05, 0) is 53.4 Å². The van der Waals surface area contributed by atoms with Crippen molar-refractivity contribution in [3.05, 3.63) is 119 Å². The van der Waals surface area contributed by atoms with Gasteiger partial charge in [0, 0.05) is 60.8 Å². The molecule has 3 aromatic carbocycles. The molecule has 0 radical (unpaired) electrons. The van der Waals surface area contributed by atoms with E-state index in [1.165, 1.54) is 25.1 Å². The first-order valence-electron chi connectivity index (χ1n) is 14.8. The third-order valence-corrected chi connectivity index (χ3v) is 8.54. The van der Waals surface area contributed by atoms with Crippen molar-refractivity contribution in [3.63, 3.8) is 0 Å². The highest BCUT2D eigenvalue weighted by atomic mass is 19.4. The fraction of sp³-hybridized carbons (Fsp3) is 0.229. The second kappa shape index (κ2) is 12.2.